The molecule has 1 aromatic rings. The van der Waals surface area contributed by atoms with Gasteiger partial charge in [-0.25, -0.2) is 0 Å². The Labute approximate surface area is 114 Å². The lowest BCUT2D eigenvalue weighted by atomic mass is 9.82. The minimum Gasteiger partial charge on any atom is -0.495 e. The molecular weight excluding hydrogens is 240 g/mol. The van der Waals surface area contributed by atoms with Gasteiger partial charge in [-0.1, -0.05) is 6.07 Å². The van der Waals surface area contributed by atoms with Gasteiger partial charge >= 0.3 is 0 Å². The van der Waals surface area contributed by atoms with Gasteiger partial charge in [0.2, 0.25) is 5.91 Å². The number of carbonyl (C=O) groups excluding carboxylic acids is 1. The van der Waals surface area contributed by atoms with Crippen molar-refractivity contribution in [1.82, 2.24) is 5.32 Å². The Balaban J connectivity index is 2.14. The molecule has 2 rings (SSSR count). The molecule has 104 valence electrons. The van der Waals surface area contributed by atoms with Crippen molar-refractivity contribution in [2.45, 2.75) is 26.7 Å². The van der Waals surface area contributed by atoms with Crippen LogP contribution in [0.4, 0.5) is 5.69 Å². The third-order valence-electron chi connectivity index (χ3n) is 3.75. The molecule has 4 nitrogen and oxygen atoms in total. The van der Waals surface area contributed by atoms with E-state index >= 15 is 0 Å². The summed E-state index contributed by atoms with van der Waals surface area (Å²) >= 11 is 0. The number of anilines is 1. The van der Waals surface area contributed by atoms with Gasteiger partial charge in [0.15, 0.2) is 0 Å². The highest BCUT2D eigenvalue weighted by atomic mass is 16.5. The highest BCUT2D eigenvalue weighted by Gasteiger charge is 2.34. The van der Waals surface area contributed by atoms with Crippen LogP contribution in [0, 0.1) is 12.3 Å². The molecule has 0 radical (unpaired) electrons. The summed E-state index contributed by atoms with van der Waals surface area (Å²) in [6, 6.07) is 5.79. The van der Waals surface area contributed by atoms with Crippen LogP contribution >= 0.6 is 0 Å². The van der Waals surface area contributed by atoms with Crippen LogP contribution in [-0.2, 0) is 4.79 Å². The lowest BCUT2D eigenvalue weighted by Crippen LogP contribution is -2.46. The number of carbonyl (C=O) groups is 1. The number of amides is 1. The molecule has 1 unspecified atom stereocenters. The van der Waals surface area contributed by atoms with Gasteiger partial charge in [0.25, 0.3) is 0 Å². The monoisotopic (exact) mass is 262 g/mol. The molecule has 19 heavy (non-hydrogen) atoms. The van der Waals surface area contributed by atoms with Crippen molar-refractivity contribution >= 4 is 11.6 Å². The quantitative estimate of drug-likeness (QED) is 0.879. The van der Waals surface area contributed by atoms with Gasteiger partial charge in [-0.05, 0) is 50.9 Å². The summed E-state index contributed by atoms with van der Waals surface area (Å²) < 4.78 is 5.32. The van der Waals surface area contributed by atoms with Gasteiger partial charge in [-0.15, -0.1) is 0 Å². The van der Waals surface area contributed by atoms with Crippen molar-refractivity contribution in [3.63, 3.8) is 0 Å². The number of benzene rings is 1. The largest absolute Gasteiger partial charge is 0.495 e. The summed E-state index contributed by atoms with van der Waals surface area (Å²) in [5, 5.41) is 6.28. The maximum absolute atomic E-state index is 12.4. The van der Waals surface area contributed by atoms with Crippen LogP contribution in [0.5, 0.6) is 5.75 Å². The first-order chi connectivity index (χ1) is 9.05. The molecule has 0 aromatic heterocycles. The Hall–Kier alpha value is -1.55. The minimum absolute atomic E-state index is 0.0573. The Kier molecular flexibility index (Phi) is 4.10. The summed E-state index contributed by atoms with van der Waals surface area (Å²) in [7, 11) is 1.62. The van der Waals surface area contributed by atoms with Crippen molar-refractivity contribution in [3.8, 4) is 5.75 Å². The van der Waals surface area contributed by atoms with E-state index in [4.69, 9.17) is 4.74 Å². The average Bonchev–Trinajstić information content (AvgIpc) is 2.41. The first-order valence-corrected chi connectivity index (χ1v) is 6.72. The van der Waals surface area contributed by atoms with E-state index in [1.54, 1.807) is 7.11 Å². The fourth-order valence-corrected chi connectivity index (χ4v) is 2.42. The maximum atomic E-state index is 12.4. The van der Waals surface area contributed by atoms with Gasteiger partial charge in [-0.3, -0.25) is 4.79 Å². The number of piperidine rings is 1. The molecule has 1 aromatic carbocycles. The van der Waals surface area contributed by atoms with Crippen molar-refractivity contribution in [2.75, 3.05) is 25.5 Å². The third kappa shape index (κ3) is 3.07. The molecule has 1 atom stereocenters. The number of methoxy groups -OCH3 is 1. The van der Waals surface area contributed by atoms with Crippen LogP contribution in [0.25, 0.3) is 0 Å². The molecule has 4 heteroatoms. The predicted molar refractivity (Wildman–Crippen MR) is 76.6 cm³/mol. The molecule has 1 amide bonds. The summed E-state index contributed by atoms with van der Waals surface area (Å²) in [4.78, 5) is 12.4. The predicted octanol–water partition coefficient (Wildman–Crippen LogP) is 2.33. The van der Waals surface area contributed by atoms with Crippen LogP contribution in [0.1, 0.15) is 25.3 Å². The van der Waals surface area contributed by atoms with E-state index in [0.29, 0.717) is 5.75 Å². The molecule has 0 saturated carbocycles. The van der Waals surface area contributed by atoms with E-state index in [2.05, 4.69) is 10.6 Å². The lowest BCUT2D eigenvalue weighted by Gasteiger charge is -2.32. The first kappa shape index (κ1) is 13.9. The highest BCUT2D eigenvalue weighted by molar-refractivity contribution is 5.96. The molecule has 0 aliphatic carbocycles. The van der Waals surface area contributed by atoms with Crippen molar-refractivity contribution in [2.24, 2.45) is 5.41 Å². The second-order valence-corrected chi connectivity index (χ2v) is 5.50. The number of hydrogen-bond acceptors (Lipinski definition) is 3. The van der Waals surface area contributed by atoms with E-state index < -0.39 is 0 Å². The topological polar surface area (TPSA) is 50.4 Å². The molecule has 0 bridgehead atoms. The molecule has 1 aliphatic heterocycles. The average molecular weight is 262 g/mol. The second kappa shape index (κ2) is 5.61. The van der Waals surface area contributed by atoms with Gasteiger partial charge in [0.1, 0.15) is 5.75 Å². The van der Waals surface area contributed by atoms with Gasteiger partial charge in [0.05, 0.1) is 18.2 Å². The number of nitrogens with one attached hydrogen (secondary N) is 2. The Bertz CT molecular complexity index is 465. The lowest BCUT2D eigenvalue weighted by molar-refractivity contribution is -0.125. The zero-order chi connectivity index (χ0) is 13.9. The van der Waals surface area contributed by atoms with Crippen molar-refractivity contribution in [1.29, 1.82) is 0 Å². The van der Waals surface area contributed by atoms with Crippen LogP contribution in [0.15, 0.2) is 18.2 Å². The second-order valence-electron chi connectivity index (χ2n) is 5.50. The number of rotatable bonds is 3. The van der Waals surface area contributed by atoms with Gasteiger partial charge in [0, 0.05) is 6.54 Å². The summed E-state index contributed by atoms with van der Waals surface area (Å²) in [6.07, 6.45) is 1.95. The molecule has 0 spiro atoms. The minimum atomic E-state index is -0.339. The van der Waals surface area contributed by atoms with E-state index in [9.17, 15) is 4.79 Å². The molecule has 1 fully saturated rings. The van der Waals surface area contributed by atoms with Crippen LogP contribution in [0.3, 0.4) is 0 Å². The van der Waals surface area contributed by atoms with Crippen LogP contribution < -0.4 is 15.4 Å². The van der Waals surface area contributed by atoms with E-state index in [1.807, 2.05) is 32.0 Å². The summed E-state index contributed by atoms with van der Waals surface area (Å²) in [6.45, 7) is 5.74. The number of ether oxygens (including phenoxy) is 1. The molecular formula is C15H22N2O2. The fourth-order valence-electron chi connectivity index (χ4n) is 2.42. The first-order valence-electron chi connectivity index (χ1n) is 6.72. The highest BCUT2D eigenvalue weighted by Crippen LogP contribution is 2.30. The van der Waals surface area contributed by atoms with Crippen LogP contribution in [-0.4, -0.2) is 26.1 Å². The van der Waals surface area contributed by atoms with Crippen LogP contribution in [0.2, 0.25) is 0 Å². The fraction of sp³-hybridized carbons (Fsp3) is 0.533. The van der Waals surface area contributed by atoms with E-state index in [0.717, 1.165) is 37.2 Å². The van der Waals surface area contributed by atoms with Gasteiger partial charge in [-0.2, -0.15) is 0 Å². The SMILES string of the molecule is COc1cc(C)ccc1NC(=O)C1(C)CCCNC1. The van der Waals surface area contributed by atoms with Gasteiger partial charge < -0.3 is 15.4 Å². The normalized spacial score (nSPS) is 22.9. The zero-order valence-electron chi connectivity index (χ0n) is 11.9. The zero-order valence-corrected chi connectivity index (χ0v) is 11.9. The Morgan fingerprint density at radius 2 is 2.26 bits per heavy atom. The molecule has 1 aliphatic rings. The maximum Gasteiger partial charge on any atom is 0.231 e. The van der Waals surface area contributed by atoms with Crippen molar-refractivity contribution < 1.29 is 9.53 Å². The summed E-state index contributed by atoms with van der Waals surface area (Å²) in [5.74, 6) is 0.766. The molecule has 1 saturated heterocycles. The number of aryl methyl sites for hydroxylation is 1. The Morgan fingerprint density at radius 3 is 2.89 bits per heavy atom. The standard InChI is InChI=1S/C15H22N2O2/c1-11-5-6-12(13(9-11)19-3)17-14(18)15(2)7-4-8-16-10-15/h5-6,9,16H,4,7-8,10H2,1-3H3,(H,17,18). The third-order valence-corrected chi connectivity index (χ3v) is 3.75. The molecule has 1 heterocycles. The van der Waals surface area contributed by atoms with Crippen molar-refractivity contribution in [3.05, 3.63) is 23.8 Å². The summed E-state index contributed by atoms with van der Waals surface area (Å²) in [5.41, 5.74) is 1.51. The Morgan fingerprint density at radius 1 is 1.47 bits per heavy atom. The smallest absolute Gasteiger partial charge is 0.231 e. The molecule has 2 N–H and O–H groups in total. The van der Waals surface area contributed by atoms with E-state index in [1.165, 1.54) is 0 Å². The number of hydrogen-bond donors (Lipinski definition) is 2. The van der Waals surface area contributed by atoms with E-state index in [-0.39, 0.29) is 11.3 Å².